The van der Waals surface area contributed by atoms with Gasteiger partial charge in [-0.3, -0.25) is 4.79 Å². The molecule has 0 spiro atoms. The average molecular weight is 208 g/mol. The first kappa shape index (κ1) is 11.4. The van der Waals surface area contributed by atoms with Gasteiger partial charge in [0.05, 0.1) is 7.11 Å². The Morgan fingerprint density at radius 3 is 2.20 bits per heavy atom. The van der Waals surface area contributed by atoms with Gasteiger partial charge in [0, 0.05) is 5.56 Å². The molecule has 4 heteroatoms. The molecule has 0 fully saturated rings. The molecule has 1 N–H and O–H groups in total. The summed E-state index contributed by atoms with van der Waals surface area (Å²) in [6, 6.07) is 6.17. The average Bonchev–Trinajstić information content (AvgIpc) is 2.27. The van der Waals surface area contributed by atoms with Gasteiger partial charge in [-0.05, 0) is 12.5 Å². The summed E-state index contributed by atoms with van der Waals surface area (Å²) in [5, 5.41) is 9.46. The molecule has 0 radical (unpaired) electrons. The van der Waals surface area contributed by atoms with Gasteiger partial charge in [0.2, 0.25) is 0 Å². The van der Waals surface area contributed by atoms with Crippen LogP contribution in [0.2, 0.25) is 0 Å². The van der Waals surface area contributed by atoms with Crippen LogP contribution < -0.4 is 0 Å². The Bertz CT molecular complexity index is 367. The molecule has 0 amide bonds. The Hall–Kier alpha value is -1.68. The van der Waals surface area contributed by atoms with Crippen LogP contribution in [0.4, 0.5) is 0 Å². The highest BCUT2D eigenvalue weighted by Crippen LogP contribution is 2.15. The molecule has 15 heavy (non-hydrogen) atoms. The summed E-state index contributed by atoms with van der Waals surface area (Å²) in [4.78, 5) is 22.0. The highest BCUT2D eigenvalue weighted by Gasteiger charge is 2.17. The SMILES string of the molecule is COC(=O)C(O)c1ccc(C(C)=O)cc1. The van der Waals surface area contributed by atoms with Gasteiger partial charge in [-0.1, -0.05) is 24.3 Å². The summed E-state index contributed by atoms with van der Waals surface area (Å²) in [6.07, 6.45) is -1.30. The van der Waals surface area contributed by atoms with Gasteiger partial charge in [0.15, 0.2) is 11.9 Å². The Balaban J connectivity index is 2.89. The number of ether oxygens (including phenoxy) is 1. The molecular formula is C11H12O4. The molecule has 0 heterocycles. The molecule has 80 valence electrons. The number of carbonyl (C=O) groups is 2. The molecule has 1 aromatic carbocycles. The van der Waals surface area contributed by atoms with E-state index in [1.807, 2.05) is 0 Å². The molecule has 0 aliphatic heterocycles. The van der Waals surface area contributed by atoms with Crippen molar-refractivity contribution in [1.82, 2.24) is 0 Å². The second kappa shape index (κ2) is 4.70. The summed E-state index contributed by atoms with van der Waals surface area (Å²) >= 11 is 0. The zero-order valence-corrected chi connectivity index (χ0v) is 8.56. The largest absolute Gasteiger partial charge is 0.467 e. The van der Waals surface area contributed by atoms with Gasteiger partial charge in [-0.25, -0.2) is 4.79 Å². The van der Waals surface area contributed by atoms with E-state index in [0.29, 0.717) is 11.1 Å². The van der Waals surface area contributed by atoms with Crippen LogP contribution in [-0.2, 0) is 9.53 Å². The van der Waals surface area contributed by atoms with Gasteiger partial charge in [-0.15, -0.1) is 0 Å². The smallest absolute Gasteiger partial charge is 0.339 e. The second-order valence-corrected chi connectivity index (χ2v) is 3.10. The van der Waals surface area contributed by atoms with E-state index in [1.54, 1.807) is 12.1 Å². The van der Waals surface area contributed by atoms with Crippen molar-refractivity contribution in [3.05, 3.63) is 35.4 Å². The van der Waals surface area contributed by atoms with E-state index >= 15 is 0 Å². The molecule has 1 rings (SSSR count). The number of ketones is 1. The first-order valence-electron chi connectivity index (χ1n) is 4.43. The number of aliphatic hydroxyl groups excluding tert-OH is 1. The summed E-state index contributed by atoms with van der Waals surface area (Å²) in [6.45, 7) is 1.45. The number of Topliss-reactive ketones (excluding diaryl/α,β-unsaturated/α-hetero) is 1. The highest BCUT2D eigenvalue weighted by atomic mass is 16.5. The molecule has 0 aromatic heterocycles. The van der Waals surface area contributed by atoms with Gasteiger partial charge < -0.3 is 9.84 Å². The highest BCUT2D eigenvalue weighted by molar-refractivity contribution is 5.94. The number of rotatable bonds is 3. The third-order valence-corrected chi connectivity index (χ3v) is 2.06. The van der Waals surface area contributed by atoms with E-state index in [-0.39, 0.29) is 5.78 Å². The monoisotopic (exact) mass is 208 g/mol. The molecule has 1 atom stereocenters. The zero-order chi connectivity index (χ0) is 11.4. The Kier molecular flexibility index (Phi) is 3.57. The van der Waals surface area contributed by atoms with Crippen LogP contribution in [0.25, 0.3) is 0 Å². The molecule has 1 unspecified atom stereocenters. The fourth-order valence-electron chi connectivity index (χ4n) is 1.15. The topological polar surface area (TPSA) is 63.6 Å². The number of carbonyl (C=O) groups excluding carboxylic acids is 2. The second-order valence-electron chi connectivity index (χ2n) is 3.10. The number of aliphatic hydroxyl groups is 1. The van der Waals surface area contributed by atoms with Crippen LogP contribution in [0.5, 0.6) is 0 Å². The lowest BCUT2D eigenvalue weighted by Crippen LogP contribution is -2.13. The molecule has 0 saturated carbocycles. The van der Waals surface area contributed by atoms with Crippen LogP contribution in [-0.4, -0.2) is 24.0 Å². The maximum Gasteiger partial charge on any atom is 0.339 e. The van der Waals surface area contributed by atoms with Crippen molar-refractivity contribution in [2.75, 3.05) is 7.11 Å². The number of hydrogen-bond acceptors (Lipinski definition) is 4. The van der Waals surface area contributed by atoms with Gasteiger partial charge in [-0.2, -0.15) is 0 Å². The minimum absolute atomic E-state index is 0.0610. The maximum atomic E-state index is 11.0. The van der Waals surface area contributed by atoms with E-state index in [2.05, 4.69) is 4.74 Å². The zero-order valence-electron chi connectivity index (χ0n) is 8.56. The van der Waals surface area contributed by atoms with Crippen LogP contribution in [0.15, 0.2) is 24.3 Å². The number of hydrogen-bond donors (Lipinski definition) is 1. The summed E-state index contributed by atoms with van der Waals surface area (Å²) in [5.74, 6) is -0.778. The third-order valence-electron chi connectivity index (χ3n) is 2.06. The number of esters is 1. The summed E-state index contributed by atoms with van der Waals surface area (Å²) in [5.41, 5.74) is 0.947. The number of methoxy groups -OCH3 is 1. The van der Waals surface area contributed by atoms with Crippen molar-refractivity contribution in [2.45, 2.75) is 13.0 Å². The molecule has 0 saturated heterocycles. The van der Waals surface area contributed by atoms with Crippen molar-refractivity contribution in [2.24, 2.45) is 0 Å². The molecule has 0 aliphatic rings. The Morgan fingerprint density at radius 1 is 1.27 bits per heavy atom. The van der Waals surface area contributed by atoms with Crippen LogP contribution in [0.3, 0.4) is 0 Å². The summed E-state index contributed by atoms with van der Waals surface area (Å²) < 4.78 is 4.39. The molecular weight excluding hydrogens is 196 g/mol. The quantitative estimate of drug-likeness (QED) is 0.596. The van der Waals surface area contributed by atoms with Crippen molar-refractivity contribution in [3.63, 3.8) is 0 Å². The van der Waals surface area contributed by atoms with E-state index in [0.717, 1.165) is 0 Å². The summed E-state index contributed by atoms with van der Waals surface area (Å²) in [7, 11) is 1.20. The van der Waals surface area contributed by atoms with Crippen LogP contribution >= 0.6 is 0 Å². The maximum absolute atomic E-state index is 11.0. The molecule has 1 aromatic rings. The van der Waals surface area contributed by atoms with Crippen molar-refractivity contribution >= 4 is 11.8 Å². The van der Waals surface area contributed by atoms with Crippen molar-refractivity contribution < 1.29 is 19.4 Å². The Morgan fingerprint density at radius 2 is 1.80 bits per heavy atom. The Labute approximate surface area is 87.5 Å². The lowest BCUT2D eigenvalue weighted by Gasteiger charge is -2.08. The van der Waals surface area contributed by atoms with Gasteiger partial charge in [0.25, 0.3) is 0 Å². The van der Waals surface area contributed by atoms with E-state index in [9.17, 15) is 14.7 Å². The first-order valence-corrected chi connectivity index (χ1v) is 4.43. The minimum atomic E-state index is -1.30. The van der Waals surface area contributed by atoms with E-state index in [1.165, 1.54) is 26.2 Å². The predicted octanol–water partition coefficient (Wildman–Crippen LogP) is 1.10. The van der Waals surface area contributed by atoms with E-state index in [4.69, 9.17) is 0 Å². The fourth-order valence-corrected chi connectivity index (χ4v) is 1.15. The molecule has 0 aliphatic carbocycles. The minimum Gasteiger partial charge on any atom is -0.467 e. The lowest BCUT2D eigenvalue weighted by molar-refractivity contribution is -0.150. The van der Waals surface area contributed by atoms with Crippen molar-refractivity contribution in [3.8, 4) is 0 Å². The van der Waals surface area contributed by atoms with Crippen LogP contribution in [0, 0.1) is 0 Å². The molecule has 0 bridgehead atoms. The fraction of sp³-hybridized carbons (Fsp3) is 0.273. The van der Waals surface area contributed by atoms with Crippen LogP contribution in [0.1, 0.15) is 28.9 Å². The third kappa shape index (κ3) is 2.63. The standard InChI is InChI=1S/C11H12O4/c1-7(12)8-3-5-9(6-4-8)10(13)11(14)15-2/h3-6,10,13H,1-2H3. The predicted molar refractivity (Wildman–Crippen MR) is 53.4 cm³/mol. The normalized spacial score (nSPS) is 11.9. The lowest BCUT2D eigenvalue weighted by atomic mass is 10.1. The van der Waals surface area contributed by atoms with Gasteiger partial charge in [0.1, 0.15) is 0 Å². The first-order chi connectivity index (χ1) is 7.06. The van der Waals surface area contributed by atoms with E-state index < -0.39 is 12.1 Å². The van der Waals surface area contributed by atoms with Crippen molar-refractivity contribution in [1.29, 1.82) is 0 Å². The number of benzene rings is 1. The van der Waals surface area contributed by atoms with Gasteiger partial charge >= 0.3 is 5.97 Å². The molecule has 4 nitrogen and oxygen atoms in total.